The first-order valence-electron chi connectivity index (χ1n) is 9.55. The molecule has 2 aliphatic rings. The number of amides is 1. The van der Waals surface area contributed by atoms with E-state index in [9.17, 15) is 4.79 Å². The molecule has 2 bridgehead atoms. The maximum absolute atomic E-state index is 11.9. The second-order valence-electron chi connectivity index (χ2n) is 8.11. The van der Waals surface area contributed by atoms with Crippen LogP contribution in [0.5, 0.6) is 0 Å². The lowest BCUT2D eigenvalue weighted by Gasteiger charge is -2.55. The van der Waals surface area contributed by atoms with Crippen LogP contribution in [0.15, 0.2) is 11.6 Å². The van der Waals surface area contributed by atoms with E-state index in [1.807, 2.05) is 13.8 Å². The van der Waals surface area contributed by atoms with Crippen LogP contribution in [-0.2, 0) is 9.47 Å². The summed E-state index contributed by atoms with van der Waals surface area (Å²) in [5.41, 5.74) is 1.33. The smallest absolute Gasteiger partial charge is 0.407 e. The Labute approximate surface area is 147 Å². The van der Waals surface area contributed by atoms with Crippen LogP contribution < -0.4 is 5.32 Å². The number of allylic oxidation sites excluding steroid dienone is 1. The van der Waals surface area contributed by atoms with Crippen LogP contribution in [0.3, 0.4) is 0 Å². The van der Waals surface area contributed by atoms with Crippen LogP contribution in [0.25, 0.3) is 0 Å². The number of hydrogen-bond donors (Lipinski definition) is 1. The Morgan fingerprint density at radius 3 is 2.79 bits per heavy atom. The molecule has 0 aromatic carbocycles. The van der Waals surface area contributed by atoms with Crippen molar-refractivity contribution in [1.82, 2.24) is 5.32 Å². The average molecular weight is 338 g/mol. The molecule has 24 heavy (non-hydrogen) atoms. The third kappa shape index (κ3) is 3.79. The molecule has 0 aromatic rings. The quantitative estimate of drug-likeness (QED) is 0.724. The van der Waals surface area contributed by atoms with Gasteiger partial charge in [0.2, 0.25) is 0 Å². The standard InChI is InChI=1S/C20H35NO3/c1-7-8-9-17-18-14(4)10-15(5)20(11-23-17,16(18)6)12-24-19(22)21-13(2)3/h10,13,15-18H,7-9,11-12H2,1-6H3,(H,21,22). The fraction of sp³-hybridized carbons (Fsp3) is 0.850. The van der Waals surface area contributed by atoms with Crippen LogP contribution in [-0.4, -0.2) is 31.5 Å². The zero-order valence-electron chi connectivity index (χ0n) is 16.2. The minimum absolute atomic E-state index is 0.0899. The second kappa shape index (κ2) is 7.90. The van der Waals surface area contributed by atoms with E-state index in [1.165, 1.54) is 18.4 Å². The summed E-state index contributed by atoms with van der Waals surface area (Å²) < 4.78 is 11.9. The van der Waals surface area contributed by atoms with E-state index in [-0.39, 0.29) is 17.6 Å². The molecule has 0 radical (unpaired) electrons. The molecule has 4 heteroatoms. The van der Waals surface area contributed by atoms with Crippen molar-refractivity contribution in [2.75, 3.05) is 13.2 Å². The Balaban J connectivity index is 2.13. The van der Waals surface area contributed by atoms with E-state index in [4.69, 9.17) is 9.47 Å². The summed E-state index contributed by atoms with van der Waals surface area (Å²) in [7, 11) is 0. The zero-order chi connectivity index (χ0) is 17.9. The second-order valence-corrected chi connectivity index (χ2v) is 8.11. The van der Waals surface area contributed by atoms with Gasteiger partial charge in [0.15, 0.2) is 0 Å². The highest BCUT2D eigenvalue weighted by atomic mass is 16.6. The van der Waals surface area contributed by atoms with Gasteiger partial charge in [-0.25, -0.2) is 4.79 Å². The van der Waals surface area contributed by atoms with Gasteiger partial charge in [0.25, 0.3) is 0 Å². The first-order valence-corrected chi connectivity index (χ1v) is 9.55. The molecular weight excluding hydrogens is 302 g/mol. The van der Waals surface area contributed by atoms with Crippen molar-refractivity contribution in [1.29, 1.82) is 0 Å². The zero-order valence-corrected chi connectivity index (χ0v) is 16.2. The van der Waals surface area contributed by atoms with Crippen LogP contribution in [0.2, 0.25) is 0 Å². The van der Waals surface area contributed by atoms with Crippen LogP contribution in [0.1, 0.15) is 60.8 Å². The highest BCUT2D eigenvalue weighted by Crippen LogP contribution is 2.53. The number of ether oxygens (including phenoxy) is 2. The van der Waals surface area contributed by atoms with E-state index in [0.717, 1.165) is 6.42 Å². The van der Waals surface area contributed by atoms with Crippen molar-refractivity contribution in [2.45, 2.75) is 73.0 Å². The minimum atomic E-state index is -0.324. The Morgan fingerprint density at radius 2 is 2.17 bits per heavy atom. The van der Waals surface area contributed by atoms with Crippen molar-refractivity contribution < 1.29 is 14.3 Å². The van der Waals surface area contributed by atoms with Gasteiger partial charge < -0.3 is 14.8 Å². The molecule has 138 valence electrons. The van der Waals surface area contributed by atoms with Crippen LogP contribution in [0.4, 0.5) is 4.79 Å². The Bertz CT molecular complexity index is 474. The summed E-state index contributed by atoms with van der Waals surface area (Å²) in [4.78, 5) is 11.9. The lowest BCUT2D eigenvalue weighted by molar-refractivity contribution is -0.165. The number of alkyl carbamates (subject to hydrolysis) is 1. The van der Waals surface area contributed by atoms with Gasteiger partial charge in [0, 0.05) is 17.4 Å². The van der Waals surface area contributed by atoms with Crippen LogP contribution >= 0.6 is 0 Å². The highest BCUT2D eigenvalue weighted by Gasteiger charge is 2.53. The molecular formula is C20H35NO3. The first kappa shape index (κ1) is 19.3. The number of carbonyl (C=O) groups excluding carboxylic acids is 1. The summed E-state index contributed by atoms with van der Waals surface area (Å²) in [5, 5.41) is 2.81. The molecule has 0 saturated carbocycles. The molecule has 2 rings (SSSR count). The molecule has 4 nitrogen and oxygen atoms in total. The van der Waals surface area contributed by atoms with Gasteiger partial charge in [-0.2, -0.15) is 0 Å². The summed E-state index contributed by atoms with van der Waals surface area (Å²) in [6.07, 6.45) is 5.89. The van der Waals surface area contributed by atoms with Gasteiger partial charge in [-0.1, -0.05) is 45.3 Å². The topological polar surface area (TPSA) is 47.6 Å². The van der Waals surface area contributed by atoms with E-state index >= 15 is 0 Å². The van der Waals surface area contributed by atoms with Gasteiger partial charge in [-0.15, -0.1) is 0 Å². The predicted molar refractivity (Wildman–Crippen MR) is 96.9 cm³/mol. The Kier molecular flexibility index (Phi) is 6.35. The maximum Gasteiger partial charge on any atom is 0.407 e. The molecule has 1 heterocycles. The van der Waals surface area contributed by atoms with Crippen molar-refractivity contribution in [3.8, 4) is 0 Å². The number of fused-ring (bicyclic) bond motifs is 2. The van der Waals surface area contributed by atoms with Crippen LogP contribution in [0, 0.1) is 23.2 Å². The summed E-state index contributed by atoms with van der Waals surface area (Å²) in [5.74, 6) is 1.25. The Hall–Kier alpha value is -1.03. The van der Waals surface area contributed by atoms with Gasteiger partial charge in [-0.3, -0.25) is 0 Å². The van der Waals surface area contributed by atoms with Gasteiger partial charge in [0.05, 0.1) is 12.7 Å². The summed E-state index contributed by atoms with van der Waals surface area (Å²) >= 11 is 0. The maximum atomic E-state index is 11.9. The van der Waals surface area contributed by atoms with E-state index in [0.29, 0.717) is 37.1 Å². The lowest BCUT2D eigenvalue weighted by atomic mass is 9.56. The normalized spacial score (nSPS) is 35.5. The van der Waals surface area contributed by atoms with Gasteiger partial charge in [0.1, 0.15) is 6.61 Å². The van der Waals surface area contributed by atoms with Crippen molar-refractivity contribution in [2.24, 2.45) is 23.2 Å². The molecule has 0 spiro atoms. The van der Waals surface area contributed by atoms with Crippen molar-refractivity contribution >= 4 is 6.09 Å². The molecule has 5 atom stereocenters. The SMILES string of the molecule is CCCCC1OCC2(COC(=O)NC(C)C)C(C)C=C(C)C1C2C. The number of rotatable bonds is 6. The van der Waals surface area contributed by atoms with Crippen molar-refractivity contribution in [3.63, 3.8) is 0 Å². The highest BCUT2D eigenvalue weighted by molar-refractivity contribution is 5.67. The molecule has 1 aliphatic heterocycles. The first-order chi connectivity index (χ1) is 11.3. The Morgan fingerprint density at radius 1 is 1.46 bits per heavy atom. The number of hydrogen-bond acceptors (Lipinski definition) is 3. The van der Waals surface area contributed by atoms with E-state index in [2.05, 4.69) is 39.1 Å². The van der Waals surface area contributed by atoms with E-state index < -0.39 is 0 Å². The average Bonchev–Trinajstić information content (AvgIpc) is 2.49. The fourth-order valence-electron chi connectivity index (χ4n) is 4.53. The third-order valence-corrected chi connectivity index (χ3v) is 6.08. The third-order valence-electron chi connectivity index (χ3n) is 6.08. The summed E-state index contributed by atoms with van der Waals surface area (Å²) in [6.45, 7) is 14.0. The monoisotopic (exact) mass is 337 g/mol. The minimum Gasteiger partial charge on any atom is -0.449 e. The molecule has 1 saturated heterocycles. The molecule has 1 aliphatic carbocycles. The molecule has 1 amide bonds. The predicted octanol–water partition coefficient (Wildman–Crippen LogP) is 4.54. The van der Waals surface area contributed by atoms with Crippen molar-refractivity contribution in [3.05, 3.63) is 11.6 Å². The number of carbonyl (C=O) groups is 1. The van der Waals surface area contributed by atoms with Gasteiger partial charge >= 0.3 is 6.09 Å². The largest absolute Gasteiger partial charge is 0.449 e. The molecule has 1 N–H and O–H groups in total. The summed E-state index contributed by atoms with van der Waals surface area (Å²) in [6, 6.07) is 0.0899. The number of nitrogens with one attached hydrogen (secondary N) is 1. The molecule has 0 aromatic heterocycles. The molecule has 1 fully saturated rings. The fourth-order valence-corrected chi connectivity index (χ4v) is 4.53. The van der Waals surface area contributed by atoms with Gasteiger partial charge in [-0.05, 0) is 39.0 Å². The molecule has 5 unspecified atom stereocenters. The number of unbranched alkanes of at least 4 members (excludes halogenated alkanes) is 1. The van der Waals surface area contributed by atoms with E-state index in [1.54, 1.807) is 0 Å². The lowest BCUT2D eigenvalue weighted by Crippen LogP contribution is -2.57.